The third-order valence-corrected chi connectivity index (χ3v) is 5.52. The molecule has 2 heterocycles. The van der Waals surface area contributed by atoms with Crippen molar-refractivity contribution in [3.63, 3.8) is 0 Å². The van der Waals surface area contributed by atoms with Gasteiger partial charge >= 0.3 is 11.9 Å². The number of esters is 1. The summed E-state index contributed by atoms with van der Waals surface area (Å²) >= 11 is 2.55. The first kappa shape index (κ1) is 17.6. The third kappa shape index (κ3) is 3.88. The lowest BCUT2D eigenvalue weighted by Crippen LogP contribution is -2.29. The van der Waals surface area contributed by atoms with E-state index in [1.165, 1.54) is 23.5 Å². The molecule has 0 saturated heterocycles. The van der Waals surface area contributed by atoms with Gasteiger partial charge in [-0.25, -0.2) is 9.59 Å². The van der Waals surface area contributed by atoms with Crippen molar-refractivity contribution in [3.05, 3.63) is 44.9 Å². The number of hydrogen-bond donors (Lipinski definition) is 0. The molecule has 3 rings (SSSR count). The van der Waals surface area contributed by atoms with Crippen LogP contribution in [0.3, 0.4) is 0 Å². The first-order valence-corrected chi connectivity index (χ1v) is 9.32. The quantitative estimate of drug-likeness (QED) is 0.259. The van der Waals surface area contributed by atoms with Gasteiger partial charge in [-0.15, -0.1) is 5.10 Å². The highest BCUT2D eigenvalue weighted by Gasteiger charge is 2.30. The number of benzene rings is 1. The third-order valence-electron chi connectivity index (χ3n) is 3.39. The second kappa shape index (κ2) is 7.75. The second-order valence-corrected chi connectivity index (χ2v) is 7.21. The predicted molar refractivity (Wildman–Crippen MR) is 96.3 cm³/mol. The molecular formula is C16H15N3O4S2. The molecule has 0 radical (unpaired) electrons. The molecule has 1 atom stereocenters. The van der Waals surface area contributed by atoms with Gasteiger partial charge in [0, 0.05) is 0 Å². The fourth-order valence-corrected chi connectivity index (χ4v) is 3.76. The van der Waals surface area contributed by atoms with Crippen molar-refractivity contribution in [1.82, 2.24) is 15.2 Å². The predicted octanol–water partition coefficient (Wildman–Crippen LogP) is 2.89. The zero-order valence-corrected chi connectivity index (χ0v) is 15.2. The fraction of sp³-hybridized carbons (Fsp3) is 0.250. The average molecular weight is 377 g/mol. The Morgan fingerprint density at radius 3 is 2.64 bits per heavy atom. The second-order valence-electron chi connectivity index (χ2n) is 5.12. The van der Waals surface area contributed by atoms with Crippen molar-refractivity contribution in [1.29, 1.82) is 0 Å². The first-order valence-electron chi connectivity index (χ1n) is 7.57. The van der Waals surface area contributed by atoms with Gasteiger partial charge in [-0.05, 0) is 41.5 Å². The van der Waals surface area contributed by atoms with Crippen LogP contribution in [0.5, 0.6) is 0 Å². The molecule has 1 aromatic heterocycles. The molecule has 0 bridgehead atoms. The monoisotopic (exact) mass is 377 g/mol. The molecule has 0 N–H and O–H groups in total. The molecule has 1 unspecified atom stereocenters. The van der Waals surface area contributed by atoms with Crippen LogP contribution in [-0.2, 0) is 14.3 Å². The summed E-state index contributed by atoms with van der Waals surface area (Å²) in [6.07, 6.45) is 0.350. The molecule has 2 aromatic rings. The zero-order chi connectivity index (χ0) is 17.8. The van der Waals surface area contributed by atoms with E-state index in [9.17, 15) is 9.59 Å². The molecule has 1 aliphatic rings. The number of carbonyl (C=O) groups excluding carboxylic acids is 2. The molecular weight excluding hydrogens is 362 g/mol. The molecule has 0 spiro atoms. The molecule has 0 fully saturated rings. The van der Waals surface area contributed by atoms with Gasteiger partial charge in [0.15, 0.2) is 5.57 Å². The Balaban J connectivity index is 1.87. The SMILES string of the molecule is CCC(C)OC(=O)C(C(=O)On1nnc2ccccc21)=C1SC=CS1. The number of thioether (sulfide) groups is 2. The van der Waals surface area contributed by atoms with Crippen LogP contribution in [0.4, 0.5) is 0 Å². The molecule has 1 aromatic carbocycles. The van der Waals surface area contributed by atoms with E-state index in [4.69, 9.17) is 9.57 Å². The van der Waals surface area contributed by atoms with Crippen molar-refractivity contribution in [2.75, 3.05) is 0 Å². The van der Waals surface area contributed by atoms with Gasteiger partial charge in [0.1, 0.15) is 11.0 Å². The number of para-hydroxylation sites is 1. The van der Waals surface area contributed by atoms with Crippen LogP contribution in [0.15, 0.2) is 44.9 Å². The van der Waals surface area contributed by atoms with Crippen LogP contribution < -0.4 is 4.84 Å². The van der Waals surface area contributed by atoms with Gasteiger partial charge in [-0.3, -0.25) is 0 Å². The molecule has 0 saturated carbocycles. The van der Waals surface area contributed by atoms with Gasteiger partial charge in [0.2, 0.25) is 0 Å². The van der Waals surface area contributed by atoms with Crippen LogP contribution in [0.1, 0.15) is 20.3 Å². The minimum atomic E-state index is -0.831. The highest BCUT2D eigenvalue weighted by molar-refractivity contribution is 8.27. The Bertz CT molecular complexity index is 865. The van der Waals surface area contributed by atoms with Crippen LogP contribution in [0, 0.1) is 0 Å². The number of ether oxygens (including phenoxy) is 1. The van der Waals surface area contributed by atoms with E-state index < -0.39 is 11.9 Å². The van der Waals surface area contributed by atoms with E-state index in [1.807, 2.05) is 6.92 Å². The highest BCUT2D eigenvalue weighted by Crippen LogP contribution is 2.40. The summed E-state index contributed by atoms with van der Waals surface area (Å²) < 4.78 is 5.82. The lowest BCUT2D eigenvalue weighted by Gasteiger charge is -2.13. The van der Waals surface area contributed by atoms with Gasteiger partial charge in [0.05, 0.1) is 10.3 Å². The number of hydrogen-bond acceptors (Lipinski definition) is 8. The topological polar surface area (TPSA) is 83.3 Å². The van der Waals surface area contributed by atoms with Crippen molar-refractivity contribution >= 4 is 46.5 Å². The standard InChI is InChI=1S/C16H15N3O4S2/c1-3-10(2)22-14(20)13(16-24-8-9-25-16)15(21)23-19-12-7-5-4-6-11(12)17-18-19/h4-10H,3H2,1-2H3. The number of rotatable bonds is 5. The van der Waals surface area contributed by atoms with E-state index in [0.29, 0.717) is 21.7 Å². The zero-order valence-electron chi connectivity index (χ0n) is 13.5. The Morgan fingerprint density at radius 2 is 1.92 bits per heavy atom. The van der Waals surface area contributed by atoms with E-state index in [-0.39, 0.29) is 11.7 Å². The minimum absolute atomic E-state index is 0.139. The molecule has 0 amide bonds. The Hall–Kier alpha value is -2.26. The van der Waals surface area contributed by atoms with Crippen molar-refractivity contribution in [2.45, 2.75) is 26.4 Å². The van der Waals surface area contributed by atoms with E-state index in [2.05, 4.69) is 10.3 Å². The van der Waals surface area contributed by atoms with Gasteiger partial charge in [-0.2, -0.15) is 0 Å². The van der Waals surface area contributed by atoms with Crippen LogP contribution in [-0.4, -0.2) is 33.2 Å². The Morgan fingerprint density at radius 1 is 1.20 bits per heavy atom. The van der Waals surface area contributed by atoms with Crippen LogP contribution >= 0.6 is 23.5 Å². The highest BCUT2D eigenvalue weighted by atomic mass is 32.2. The number of nitrogens with zero attached hydrogens (tertiary/aromatic N) is 3. The number of aromatic nitrogens is 3. The first-order chi connectivity index (χ1) is 12.1. The minimum Gasteiger partial charge on any atom is -0.459 e. The molecule has 25 heavy (non-hydrogen) atoms. The lowest BCUT2D eigenvalue weighted by atomic mass is 10.3. The lowest BCUT2D eigenvalue weighted by molar-refractivity contribution is -0.150. The molecule has 9 heteroatoms. The maximum absolute atomic E-state index is 12.6. The Kier molecular flexibility index (Phi) is 5.44. The summed E-state index contributed by atoms with van der Waals surface area (Å²) in [5, 5.41) is 11.3. The van der Waals surface area contributed by atoms with Crippen LogP contribution in [0.2, 0.25) is 0 Å². The molecule has 0 aliphatic carbocycles. The molecule has 1 aliphatic heterocycles. The maximum atomic E-state index is 12.6. The number of fused-ring (bicyclic) bond motifs is 1. The normalized spacial score (nSPS) is 14.6. The summed E-state index contributed by atoms with van der Waals surface area (Å²) in [6, 6.07) is 7.04. The maximum Gasteiger partial charge on any atom is 0.374 e. The molecule has 7 nitrogen and oxygen atoms in total. The van der Waals surface area contributed by atoms with E-state index >= 15 is 0 Å². The summed E-state index contributed by atoms with van der Waals surface area (Å²) in [5.74, 6) is -1.54. The average Bonchev–Trinajstić information content (AvgIpc) is 3.26. The van der Waals surface area contributed by atoms with Crippen molar-refractivity contribution in [2.24, 2.45) is 0 Å². The van der Waals surface area contributed by atoms with Crippen LogP contribution in [0.25, 0.3) is 11.0 Å². The largest absolute Gasteiger partial charge is 0.459 e. The van der Waals surface area contributed by atoms with E-state index in [1.54, 1.807) is 42.0 Å². The molecule has 130 valence electrons. The summed E-state index contributed by atoms with van der Waals surface area (Å²) in [4.78, 5) is 31.4. The van der Waals surface area contributed by atoms with Gasteiger partial charge < -0.3 is 9.57 Å². The van der Waals surface area contributed by atoms with Gasteiger partial charge in [0.25, 0.3) is 0 Å². The van der Waals surface area contributed by atoms with Crippen molar-refractivity contribution in [3.8, 4) is 0 Å². The summed E-state index contributed by atoms with van der Waals surface area (Å²) in [6.45, 7) is 3.66. The summed E-state index contributed by atoms with van der Waals surface area (Å²) in [5.41, 5.74) is 0.971. The smallest absolute Gasteiger partial charge is 0.374 e. The van der Waals surface area contributed by atoms with Crippen molar-refractivity contribution < 1.29 is 19.2 Å². The number of carbonyl (C=O) groups is 2. The fourth-order valence-electron chi connectivity index (χ4n) is 1.94. The van der Waals surface area contributed by atoms with Gasteiger partial charge in [-0.1, -0.05) is 47.4 Å². The Labute approximate surface area is 152 Å². The van der Waals surface area contributed by atoms with E-state index in [0.717, 1.165) is 4.85 Å². The summed E-state index contributed by atoms with van der Waals surface area (Å²) in [7, 11) is 0.